The molecule has 0 saturated carbocycles. The summed E-state index contributed by atoms with van der Waals surface area (Å²) in [5.41, 5.74) is 0. The number of rotatable bonds is 6. The zero-order valence-corrected chi connectivity index (χ0v) is 9.19. The van der Waals surface area contributed by atoms with Gasteiger partial charge in [-0.15, -0.1) is 0 Å². The van der Waals surface area contributed by atoms with Gasteiger partial charge in [0.15, 0.2) is 5.92 Å². The molecule has 0 aliphatic heterocycles. The van der Waals surface area contributed by atoms with Crippen molar-refractivity contribution in [3.63, 3.8) is 0 Å². The van der Waals surface area contributed by atoms with E-state index in [1.807, 2.05) is 0 Å². The van der Waals surface area contributed by atoms with Gasteiger partial charge in [0.1, 0.15) is 0 Å². The van der Waals surface area contributed by atoms with Gasteiger partial charge in [-0.3, -0.25) is 14.4 Å². The highest BCUT2D eigenvalue weighted by molar-refractivity contribution is 5.98. The first-order chi connectivity index (χ1) is 7.56. The lowest BCUT2D eigenvalue weighted by Crippen LogP contribution is -2.34. The molecule has 0 fully saturated rings. The average molecular weight is 233 g/mol. The molecule has 0 bridgehead atoms. The number of carbonyl (C=O) groups is 3. The molecule has 0 aromatic heterocycles. The molecule has 0 aromatic carbocycles. The van der Waals surface area contributed by atoms with Gasteiger partial charge in [0.25, 0.3) is 0 Å². The third-order valence-electron chi connectivity index (χ3n) is 1.79. The van der Waals surface area contributed by atoms with E-state index in [0.717, 1.165) is 14.2 Å². The van der Waals surface area contributed by atoms with Crippen LogP contribution in [0.1, 0.15) is 6.42 Å². The molecule has 7 nitrogen and oxygen atoms in total. The first-order valence-corrected chi connectivity index (χ1v) is 4.60. The molecule has 0 saturated heterocycles. The molecule has 1 amide bonds. The first-order valence-electron chi connectivity index (χ1n) is 4.60. The fourth-order valence-electron chi connectivity index (χ4n) is 1.00. The maximum Gasteiger partial charge on any atom is 0.320 e. The van der Waals surface area contributed by atoms with Crippen molar-refractivity contribution in [2.45, 2.75) is 6.42 Å². The molecule has 0 rings (SSSR count). The number of aliphatic hydroxyl groups is 1. The van der Waals surface area contributed by atoms with Crippen molar-refractivity contribution in [2.75, 3.05) is 27.4 Å². The van der Waals surface area contributed by atoms with E-state index in [9.17, 15) is 14.4 Å². The van der Waals surface area contributed by atoms with E-state index < -0.39 is 23.8 Å². The van der Waals surface area contributed by atoms with E-state index in [1.165, 1.54) is 0 Å². The van der Waals surface area contributed by atoms with Gasteiger partial charge in [0.05, 0.1) is 27.2 Å². The van der Waals surface area contributed by atoms with Crippen LogP contribution in [0.25, 0.3) is 0 Å². The summed E-state index contributed by atoms with van der Waals surface area (Å²) in [6.07, 6.45) is -0.362. The average Bonchev–Trinajstić information content (AvgIpc) is 2.31. The smallest absolute Gasteiger partial charge is 0.320 e. The summed E-state index contributed by atoms with van der Waals surface area (Å²) >= 11 is 0. The Morgan fingerprint density at radius 3 is 2.06 bits per heavy atom. The van der Waals surface area contributed by atoms with E-state index in [4.69, 9.17) is 5.11 Å². The summed E-state index contributed by atoms with van der Waals surface area (Å²) in [6.45, 7) is -0.152. The molecule has 0 aliphatic rings. The Labute approximate surface area is 92.7 Å². The number of aliphatic hydroxyl groups excluding tert-OH is 1. The van der Waals surface area contributed by atoms with E-state index in [-0.39, 0.29) is 19.6 Å². The second-order valence-corrected chi connectivity index (χ2v) is 2.88. The predicted molar refractivity (Wildman–Crippen MR) is 52.2 cm³/mol. The Morgan fingerprint density at radius 2 is 1.69 bits per heavy atom. The summed E-state index contributed by atoms with van der Waals surface area (Å²) < 4.78 is 8.74. The highest BCUT2D eigenvalue weighted by Crippen LogP contribution is 2.07. The van der Waals surface area contributed by atoms with E-state index >= 15 is 0 Å². The van der Waals surface area contributed by atoms with E-state index in [1.54, 1.807) is 0 Å². The van der Waals surface area contributed by atoms with Crippen LogP contribution in [0.3, 0.4) is 0 Å². The lowest BCUT2D eigenvalue weighted by Gasteiger charge is -2.11. The fraction of sp³-hybridized carbons (Fsp3) is 0.667. The zero-order valence-electron chi connectivity index (χ0n) is 9.19. The van der Waals surface area contributed by atoms with Crippen molar-refractivity contribution >= 4 is 17.8 Å². The number of carbonyl (C=O) groups excluding carboxylic acids is 3. The monoisotopic (exact) mass is 233 g/mol. The second-order valence-electron chi connectivity index (χ2n) is 2.88. The molecule has 7 heteroatoms. The summed E-state index contributed by atoms with van der Waals surface area (Å²) in [5, 5.41) is 10.8. The van der Waals surface area contributed by atoms with Crippen LogP contribution in [0.15, 0.2) is 0 Å². The quantitative estimate of drug-likeness (QED) is 0.425. The highest BCUT2D eigenvalue weighted by atomic mass is 16.5. The van der Waals surface area contributed by atoms with Crippen LogP contribution in [0, 0.1) is 5.92 Å². The largest absolute Gasteiger partial charge is 0.468 e. The molecule has 92 valence electrons. The molecule has 0 unspecified atom stereocenters. The van der Waals surface area contributed by atoms with Crippen LogP contribution in [0.4, 0.5) is 0 Å². The molecule has 2 N–H and O–H groups in total. The van der Waals surface area contributed by atoms with Gasteiger partial charge < -0.3 is 19.9 Å². The van der Waals surface area contributed by atoms with Crippen molar-refractivity contribution in [3.8, 4) is 0 Å². The molecule has 0 radical (unpaired) electrons. The van der Waals surface area contributed by atoms with Crippen molar-refractivity contribution in [1.29, 1.82) is 0 Å². The highest BCUT2D eigenvalue weighted by Gasteiger charge is 2.30. The molecular formula is C9H15NO6. The number of amides is 1. The van der Waals surface area contributed by atoms with Crippen LogP contribution in [-0.2, 0) is 23.9 Å². The van der Waals surface area contributed by atoms with Crippen molar-refractivity contribution in [2.24, 2.45) is 5.92 Å². The minimum atomic E-state index is -1.27. The number of esters is 2. The number of hydrogen-bond acceptors (Lipinski definition) is 6. The molecule has 16 heavy (non-hydrogen) atoms. The molecule has 0 aromatic rings. The lowest BCUT2D eigenvalue weighted by molar-refractivity contribution is -0.160. The van der Waals surface area contributed by atoms with Crippen LogP contribution >= 0.6 is 0 Å². The maximum atomic E-state index is 11.2. The van der Waals surface area contributed by atoms with Gasteiger partial charge in [0.2, 0.25) is 5.91 Å². The summed E-state index contributed by atoms with van der Waals surface area (Å²) in [7, 11) is 2.23. The summed E-state index contributed by atoms with van der Waals surface area (Å²) in [6, 6.07) is 0. The number of hydrogen-bond donors (Lipinski definition) is 2. The van der Waals surface area contributed by atoms with Crippen molar-refractivity contribution < 1.29 is 29.0 Å². The van der Waals surface area contributed by atoms with Gasteiger partial charge in [0, 0.05) is 6.54 Å². The predicted octanol–water partition coefficient (Wildman–Crippen LogP) is -1.55. The van der Waals surface area contributed by atoms with Crippen molar-refractivity contribution in [1.82, 2.24) is 5.32 Å². The van der Waals surface area contributed by atoms with Gasteiger partial charge in [-0.05, 0) is 0 Å². The minimum absolute atomic E-state index is 0.0634. The zero-order chi connectivity index (χ0) is 12.6. The number of nitrogens with one attached hydrogen (secondary N) is 1. The van der Waals surface area contributed by atoms with E-state index in [0.29, 0.717) is 0 Å². The molecule has 0 aliphatic carbocycles. The standard InChI is InChI=1S/C9H15NO6/c1-15-8(13)6(9(14)16-2)5-7(12)10-3-4-11/h6,11H,3-5H2,1-2H3,(H,10,12). The SMILES string of the molecule is COC(=O)C(CC(=O)NCCO)C(=O)OC. The lowest BCUT2D eigenvalue weighted by atomic mass is 10.1. The Bertz CT molecular complexity index is 249. The Hall–Kier alpha value is -1.63. The second kappa shape index (κ2) is 7.63. The molecule has 0 heterocycles. The first kappa shape index (κ1) is 14.4. The molecular weight excluding hydrogens is 218 g/mol. The Balaban J connectivity index is 4.37. The summed E-state index contributed by atoms with van der Waals surface area (Å²) in [5.74, 6) is -3.46. The van der Waals surface area contributed by atoms with E-state index in [2.05, 4.69) is 14.8 Å². The Kier molecular flexibility index (Phi) is 6.86. The van der Waals surface area contributed by atoms with Gasteiger partial charge in [-0.2, -0.15) is 0 Å². The summed E-state index contributed by atoms with van der Waals surface area (Å²) in [4.78, 5) is 33.6. The fourth-order valence-corrected chi connectivity index (χ4v) is 1.00. The van der Waals surface area contributed by atoms with Crippen LogP contribution in [0.5, 0.6) is 0 Å². The van der Waals surface area contributed by atoms with Gasteiger partial charge in [-0.1, -0.05) is 0 Å². The maximum absolute atomic E-state index is 11.2. The minimum Gasteiger partial charge on any atom is -0.468 e. The van der Waals surface area contributed by atoms with Gasteiger partial charge >= 0.3 is 11.9 Å². The van der Waals surface area contributed by atoms with Crippen LogP contribution in [-0.4, -0.2) is 50.3 Å². The number of methoxy groups -OCH3 is 2. The van der Waals surface area contributed by atoms with Crippen molar-refractivity contribution in [3.05, 3.63) is 0 Å². The van der Waals surface area contributed by atoms with Crippen LogP contribution < -0.4 is 5.32 Å². The third kappa shape index (κ3) is 4.74. The molecule has 0 spiro atoms. The third-order valence-corrected chi connectivity index (χ3v) is 1.79. The van der Waals surface area contributed by atoms with Crippen LogP contribution in [0.2, 0.25) is 0 Å². The number of ether oxygens (including phenoxy) is 2. The topological polar surface area (TPSA) is 102 Å². The molecule has 0 atom stereocenters. The van der Waals surface area contributed by atoms with Gasteiger partial charge in [-0.25, -0.2) is 0 Å². The Morgan fingerprint density at radius 1 is 1.19 bits per heavy atom. The normalized spacial score (nSPS) is 9.75.